The molecular weight excluding hydrogens is 404 g/mol. The van der Waals surface area contributed by atoms with Crippen molar-refractivity contribution in [2.24, 2.45) is 0 Å². The summed E-state index contributed by atoms with van der Waals surface area (Å²) in [6, 6.07) is 7.23. The Bertz CT molecular complexity index is 851. The fourth-order valence-corrected chi connectivity index (χ4v) is 4.78. The molecular formula is C17H24N4O3S3. The predicted molar refractivity (Wildman–Crippen MR) is 111 cm³/mol. The van der Waals surface area contributed by atoms with Crippen LogP contribution in [0.2, 0.25) is 0 Å². The number of benzene rings is 1. The van der Waals surface area contributed by atoms with Gasteiger partial charge in [-0.1, -0.05) is 11.8 Å². The molecule has 0 unspecified atom stereocenters. The van der Waals surface area contributed by atoms with Gasteiger partial charge in [0.25, 0.3) is 0 Å². The van der Waals surface area contributed by atoms with Gasteiger partial charge in [-0.25, -0.2) is 22.5 Å². The van der Waals surface area contributed by atoms with E-state index in [1.807, 2.05) is 36.6 Å². The molecule has 2 aromatic rings. The van der Waals surface area contributed by atoms with E-state index in [2.05, 4.69) is 15.6 Å². The quantitative estimate of drug-likeness (QED) is 0.597. The monoisotopic (exact) mass is 428 g/mol. The number of nitrogens with zero attached hydrogens (tertiary/aromatic N) is 2. The summed E-state index contributed by atoms with van der Waals surface area (Å²) in [5, 5.41) is 7.50. The van der Waals surface area contributed by atoms with Crippen LogP contribution >= 0.6 is 23.1 Å². The van der Waals surface area contributed by atoms with Crippen LogP contribution in [0.25, 0.3) is 0 Å². The van der Waals surface area contributed by atoms with Crippen molar-refractivity contribution in [2.45, 2.75) is 29.5 Å². The number of hydrogen-bond donors (Lipinski definition) is 2. The highest BCUT2D eigenvalue weighted by Gasteiger charge is 2.14. The van der Waals surface area contributed by atoms with Gasteiger partial charge in [0.2, 0.25) is 10.0 Å². The first kappa shape index (κ1) is 21.7. The lowest BCUT2D eigenvalue weighted by atomic mass is 10.3. The Labute approximate surface area is 168 Å². The minimum atomic E-state index is -3.17. The Morgan fingerprint density at radius 1 is 1.30 bits per heavy atom. The van der Waals surface area contributed by atoms with Crippen molar-refractivity contribution in [3.8, 4) is 0 Å². The van der Waals surface area contributed by atoms with Crippen molar-refractivity contribution >= 4 is 44.8 Å². The average Bonchev–Trinajstić information content (AvgIpc) is 3.05. The van der Waals surface area contributed by atoms with Crippen molar-refractivity contribution in [2.75, 3.05) is 31.2 Å². The molecule has 1 heterocycles. The van der Waals surface area contributed by atoms with Crippen LogP contribution in [0.3, 0.4) is 0 Å². The molecule has 7 nitrogen and oxygen atoms in total. The maximum absolute atomic E-state index is 11.9. The van der Waals surface area contributed by atoms with E-state index in [0.717, 1.165) is 14.9 Å². The molecule has 2 N–H and O–H groups in total. The fourth-order valence-electron chi connectivity index (χ4n) is 2.12. The molecule has 0 fully saturated rings. The molecule has 2 amide bonds. The van der Waals surface area contributed by atoms with E-state index < -0.39 is 10.0 Å². The Kier molecular flexibility index (Phi) is 8.08. The number of rotatable bonds is 9. The number of carbonyl (C=O) groups excluding carboxylic acids is 1. The first-order valence-corrected chi connectivity index (χ1v) is 11.8. The molecule has 0 aliphatic heterocycles. The highest BCUT2D eigenvalue weighted by molar-refractivity contribution is 8.01. The van der Waals surface area contributed by atoms with Crippen LogP contribution in [-0.2, 0) is 10.0 Å². The van der Waals surface area contributed by atoms with Crippen LogP contribution in [0.1, 0.15) is 19.0 Å². The third-order valence-corrected chi connectivity index (χ3v) is 7.62. The van der Waals surface area contributed by atoms with Crippen molar-refractivity contribution in [3.63, 3.8) is 0 Å². The van der Waals surface area contributed by atoms with E-state index in [4.69, 9.17) is 0 Å². The van der Waals surface area contributed by atoms with Crippen molar-refractivity contribution < 1.29 is 13.2 Å². The molecule has 0 spiro atoms. The molecule has 0 bridgehead atoms. The zero-order chi connectivity index (χ0) is 19.9. The maximum atomic E-state index is 11.9. The summed E-state index contributed by atoms with van der Waals surface area (Å²) in [7, 11) is -1.63. The van der Waals surface area contributed by atoms with Gasteiger partial charge >= 0.3 is 6.03 Å². The van der Waals surface area contributed by atoms with E-state index in [-0.39, 0.29) is 11.8 Å². The highest BCUT2D eigenvalue weighted by Crippen LogP contribution is 2.30. The van der Waals surface area contributed by atoms with Crippen molar-refractivity contribution in [1.82, 2.24) is 14.6 Å². The summed E-state index contributed by atoms with van der Waals surface area (Å²) >= 11 is 3.19. The van der Waals surface area contributed by atoms with Crippen LogP contribution in [0.15, 0.2) is 38.9 Å². The Hall–Kier alpha value is -1.62. The van der Waals surface area contributed by atoms with E-state index in [9.17, 15) is 13.2 Å². The lowest BCUT2D eigenvalue weighted by molar-refractivity contribution is 0.251. The largest absolute Gasteiger partial charge is 0.338 e. The maximum Gasteiger partial charge on any atom is 0.319 e. The molecule has 27 heavy (non-hydrogen) atoms. The van der Waals surface area contributed by atoms with E-state index >= 15 is 0 Å². The molecule has 0 radical (unpaired) electrons. The number of hydrogen-bond acceptors (Lipinski definition) is 6. The number of amides is 2. The minimum Gasteiger partial charge on any atom is -0.338 e. The number of urea groups is 1. The summed E-state index contributed by atoms with van der Waals surface area (Å²) in [4.78, 5) is 17.4. The van der Waals surface area contributed by atoms with Crippen LogP contribution in [0.5, 0.6) is 0 Å². The summed E-state index contributed by atoms with van der Waals surface area (Å²) in [5.74, 6) is 0.0772. The SMILES string of the molecule is CCS(=O)(=O)N(C)CCCNC(=O)Nc1ccc(Sc2nc(C)cs2)cc1. The number of anilines is 1. The van der Waals surface area contributed by atoms with Gasteiger partial charge in [-0.3, -0.25) is 0 Å². The van der Waals surface area contributed by atoms with Crippen molar-refractivity contribution in [1.29, 1.82) is 0 Å². The number of carbonyl (C=O) groups is 1. The normalized spacial score (nSPS) is 11.6. The highest BCUT2D eigenvalue weighted by atomic mass is 32.2. The molecule has 1 aromatic carbocycles. The summed E-state index contributed by atoms with van der Waals surface area (Å²) in [6.45, 7) is 4.34. The smallest absolute Gasteiger partial charge is 0.319 e. The van der Waals surface area contributed by atoms with E-state index in [0.29, 0.717) is 25.2 Å². The molecule has 1 aromatic heterocycles. The number of nitrogens with one attached hydrogen (secondary N) is 2. The summed E-state index contributed by atoms with van der Waals surface area (Å²) < 4.78 is 25.6. The molecule has 0 aliphatic carbocycles. The van der Waals surface area contributed by atoms with Gasteiger partial charge in [-0.15, -0.1) is 11.3 Å². The number of sulfonamides is 1. The topological polar surface area (TPSA) is 91.4 Å². The first-order valence-electron chi connectivity index (χ1n) is 8.49. The van der Waals surface area contributed by atoms with Gasteiger partial charge in [-0.2, -0.15) is 0 Å². The minimum absolute atomic E-state index is 0.0772. The number of aryl methyl sites for hydroxylation is 1. The molecule has 2 rings (SSSR count). The molecule has 0 saturated heterocycles. The van der Waals surface area contributed by atoms with Gasteiger partial charge in [0.1, 0.15) is 0 Å². The Morgan fingerprint density at radius 2 is 2.00 bits per heavy atom. The van der Waals surface area contributed by atoms with E-state index in [1.165, 1.54) is 4.31 Å². The zero-order valence-corrected chi connectivity index (χ0v) is 18.0. The summed E-state index contributed by atoms with van der Waals surface area (Å²) in [6.07, 6.45) is 0.548. The lowest BCUT2D eigenvalue weighted by Gasteiger charge is -2.15. The summed E-state index contributed by atoms with van der Waals surface area (Å²) in [5.41, 5.74) is 1.70. The number of thiazole rings is 1. The van der Waals surface area contributed by atoms with Crippen LogP contribution < -0.4 is 10.6 Å². The molecule has 0 aliphatic rings. The first-order chi connectivity index (χ1) is 12.8. The van der Waals surface area contributed by atoms with Crippen LogP contribution in [0.4, 0.5) is 10.5 Å². The van der Waals surface area contributed by atoms with Gasteiger partial charge < -0.3 is 10.6 Å². The van der Waals surface area contributed by atoms with Gasteiger partial charge in [0.15, 0.2) is 4.34 Å². The third-order valence-electron chi connectivity index (χ3n) is 3.69. The zero-order valence-electron chi connectivity index (χ0n) is 15.6. The van der Waals surface area contributed by atoms with Gasteiger partial charge in [0.05, 0.1) is 5.75 Å². The Morgan fingerprint density at radius 3 is 2.59 bits per heavy atom. The average molecular weight is 429 g/mol. The van der Waals surface area contributed by atoms with Crippen LogP contribution in [0, 0.1) is 6.92 Å². The van der Waals surface area contributed by atoms with Crippen LogP contribution in [-0.4, -0.2) is 49.6 Å². The number of aromatic nitrogens is 1. The van der Waals surface area contributed by atoms with E-state index in [1.54, 1.807) is 37.1 Å². The van der Waals surface area contributed by atoms with Crippen molar-refractivity contribution in [3.05, 3.63) is 35.3 Å². The fraction of sp³-hybridized carbons (Fsp3) is 0.412. The lowest BCUT2D eigenvalue weighted by Crippen LogP contribution is -2.34. The Balaban J connectivity index is 1.72. The molecule has 0 atom stereocenters. The second kappa shape index (κ2) is 10.1. The second-order valence-electron chi connectivity index (χ2n) is 5.84. The molecule has 148 valence electrons. The second-order valence-corrected chi connectivity index (χ2v) is 10.4. The molecule has 0 saturated carbocycles. The standard InChI is InChI=1S/C17H24N4O3S3/c1-4-27(23,24)21(3)11-5-10-18-16(22)20-14-6-8-15(9-7-14)26-17-19-13(2)12-25-17/h6-9,12H,4-5,10-11H2,1-3H3,(H2,18,20,22). The third kappa shape index (κ3) is 7.13. The molecule has 10 heteroatoms. The van der Waals surface area contributed by atoms with Gasteiger partial charge in [-0.05, 0) is 44.5 Å². The predicted octanol–water partition coefficient (Wildman–Crippen LogP) is 3.40. The van der Waals surface area contributed by atoms with Gasteiger partial charge in [0, 0.05) is 41.8 Å².